The van der Waals surface area contributed by atoms with Crippen molar-refractivity contribution in [2.45, 2.75) is 53.4 Å². The molecule has 0 unspecified atom stereocenters. The Bertz CT molecular complexity index is 137. The molecule has 0 heterocycles. The smallest absolute Gasteiger partial charge is 0.302 e. The van der Waals surface area contributed by atoms with E-state index in [1.54, 1.807) is 6.07 Å². The van der Waals surface area contributed by atoms with Crippen molar-refractivity contribution in [2.75, 3.05) is 7.11 Å². The number of rotatable bonds is 3. The van der Waals surface area contributed by atoms with Gasteiger partial charge in [0.25, 0.3) is 0 Å². The fourth-order valence-electron chi connectivity index (χ4n) is 0.500. The molecule has 0 aliphatic heterocycles. The van der Waals surface area contributed by atoms with E-state index in [1.807, 2.05) is 0 Å². The zero-order valence-electron chi connectivity index (χ0n) is 10.6. The van der Waals surface area contributed by atoms with E-state index in [4.69, 9.17) is 5.26 Å². The van der Waals surface area contributed by atoms with Crippen LogP contribution in [0.4, 0.5) is 0 Å². The third kappa shape index (κ3) is 100. The van der Waals surface area contributed by atoms with E-state index in [0.717, 1.165) is 0 Å². The summed E-state index contributed by atoms with van der Waals surface area (Å²) < 4.78 is 4.11. The number of unbranched alkanes of at least 4 members (excludes halogenated alkanes) is 3. The van der Waals surface area contributed by atoms with E-state index in [0.29, 0.717) is 0 Å². The summed E-state index contributed by atoms with van der Waals surface area (Å²) in [5.74, 6) is -0.245. The largest absolute Gasteiger partial charge is 0.469 e. The second-order valence-electron chi connectivity index (χ2n) is 2.63. The molecule has 2 N–H and O–H groups in total. The first-order valence-electron chi connectivity index (χ1n) is 4.95. The lowest BCUT2D eigenvalue weighted by atomic mass is 10.2. The van der Waals surface area contributed by atoms with Crippen molar-refractivity contribution in [3.63, 3.8) is 0 Å². The molecule has 0 fully saturated rings. The fraction of sp³-hybridized carbons (Fsp3) is 0.818. The number of nitriles is 1. The Morgan fingerprint density at radius 1 is 1.27 bits per heavy atom. The Labute approximate surface area is 93.5 Å². The van der Waals surface area contributed by atoms with Gasteiger partial charge < -0.3 is 10.2 Å². The zero-order chi connectivity index (χ0) is 11.8. The first-order chi connectivity index (χ1) is 6.60. The summed E-state index contributed by atoms with van der Waals surface area (Å²) in [6.07, 6.45) is 5.54. The zero-order valence-corrected chi connectivity index (χ0v) is 10.6. The Kier molecular flexibility index (Phi) is 46.1. The van der Waals surface area contributed by atoms with Crippen LogP contribution in [0.15, 0.2) is 0 Å². The molecule has 0 radical (unpaired) electrons. The molecule has 0 aliphatic carbocycles. The third-order valence-corrected chi connectivity index (χ3v) is 1.24. The Balaban J connectivity index is -0.0000000617. The van der Waals surface area contributed by atoms with E-state index in [1.165, 1.54) is 46.6 Å². The number of ether oxygens (including phenoxy) is 1. The van der Waals surface area contributed by atoms with Gasteiger partial charge in [-0.2, -0.15) is 5.26 Å². The van der Waals surface area contributed by atoms with E-state index < -0.39 is 0 Å². The Morgan fingerprint density at radius 3 is 1.53 bits per heavy atom. The highest BCUT2D eigenvalue weighted by Crippen LogP contribution is 1.95. The van der Waals surface area contributed by atoms with E-state index >= 15 is 0 Å². The maximum atomic E-state index is 9.59. The van der Waals surface area contributed by atoms with Gasteiger partial charge in [0, 0.05) is 13.8 Å². The molecule has 0 aliphatic rings. The van der Waals surface area contributed by atoms with Crippen LogP contribution in [0.5, 0.6) is 0 Å². The molecule has 4 nitrogen and oxygen atoms in total. The number of nitrogens with zero attached hydrogens (tertiary/aromatic N) is 1. The van der Waals surface area contributed by atoms with Gasteiger partial charge in [-0.25, -0.2) is 0 Å². The number of hydrogen-bond donors (Lipinski definition) is 0. The topological polar surface area (TPSA) is 81.6 Å². The SMILES string of the molecule is CC#N.CCCCCC.COC(C)=O.O. The standard InChI is InChI=1S/C6H14.C3H6O2.C2H3N.H2O/c1-3-5-6-4-2;1-3(4)5-2;1-2-3;/h3-6H2,1-2H3;1-2H3;1H3;1H2. The highest BCUT2D eigenvalue weighted by molar-refractivity contribution is 5.65. The number of carbonyl (C=O) groups excluding carboxylic acids is 1. The van der Waals surface area contributed by atoms with Crippen LogP contribution in [-0.4, -0.2) is 18.6 Å². The summed E-state index contributed by atoms with van der Waals surface area (Å²) in [6, 6.07) is 1.75. The highest BCUT2D eigenvalue weighted by Gasteiger charge is 1.76. The molecular weight excluding hydrogens is 194 g/mol. The summed E-state index contributed by atoms with van der Waals surface area (Å²) in [4.78, 5) is 9.59. The average molecular weight is 219 g/mol. The van der Waals surface area contributed by atoms with Gasteiger partial charge in [-0.3, -0.25) is 4.79 Å². The number of carbonyl (C=O) groups is 1. The second kappa shape index (κ2) is 29.3. The van der Waals surface area contributed by atoms with Crippen molar-refractivity contribution in [2.24, 2.45) is 0 Å². The lowest BCUT2D eigenvalue weighted by Gasteiger charge is -1.86. The summed E-state index contributed by atoms with van der Waals surface area (Å²) >= 11 is 0. The monoisotopic (exact) mass is 219 g/mol. The van der Waals surface area contributed by atoms with Gasteiger partial charge in [-0.1, -0.05) is 39.5 Å². The molecular formula is C11H25NO3. The first kappa shape index (κ1) is 23.6. The van der Waals surface area contributed by atoms with Crippen molar-refractivity contribution in [3.8, 4) is 6.07 Å². The second-order valence-corrected chi connectivity index (χ2v) is 2.63. The summed E-state index contributed by atoms with van der Waals surface area (Å²) in [5.41, 5.74) is 0. The fourth-order valence-corrected chi connectivity index (χ4v) is 0.500. The van der Waals surface area contributed by atoms with Gasteiger partial charge in [0.2, 0.25) is 0 Å². The van der Waals surface area contributed by atoms with Gasteiger partial charge in [-0.05, 0) is 0 Å². The van der Waals surface area contributed by atoms with Gasteiger partial charge >= 0.3 is 5.97 Å². The Morgan fingerprint density at radius 2 is 1.47 bits per heavy atom. The molecule has 0 aromatic rings. The molecule has 0 aromatic heterocycles. The molecule has 0 amide bonds. The van der Waals surface area contributed by atoms with Crippen LogP contribution in [0.3, 0.4) is 0 Å². The first-order valence-corrected chi connectivity index (χ1v) is 4.95. The van der Waals surface area contributed by atoms with Crippen molar-refractivity contribution >= 4 is 5.97 Å². The van der Waals surface area contributed by atoms with Crippen molar-refractivity contribution in [1.29, 1.82) is 5.26 Å². The quantitative estimate of drug-likeness (QED) is 0.540. The minimum absolute atomic E-state index is 0. The minimum atomic E-state index is -0.245. The summed E-state index contributed by atoms with van der Waals surface area (Å²) in [6.45, 7) is 7.26. The predicted octanol–water partition coefficient (Wildman–Crippen LogP) is 2.47. The molecule has 0 saturated carbocycles. The molecule has 0 rings (SSSR count). The van der Waals surface area contributed by atoms with Crippen LogP contribution in [0.25, 0.3) is 0 Å². The maximum Gasteiger partial charge on any atom is 0.302 e. The van der Waals surface area contributed by atoms with Crippen molar-refractivity contribution in [1.82, 2.24) is 0 Å². The molecule has 0 atom stereocenters. The van der Waals surface area contributed by atoms with Crippen molar-refractivity contribution in [3.05, 3.63) is 0 Å². The van der Waals surface area contributed by atoms with E-state index in [2.05, 4.69) is 18.6 Å². The van der Waals surface area contributed by atoms with Gasteiger partial charge in [0.1, 0.15) is 0 Å². The summed E-state index contributed by atoms with van der Waals surface area (Å²) in [5, 5.41) is 7.32. The minimum Gasteiger partial charge on any atom is -0.469 e. The van der Waals surface area contributed by atoms with Crippen molar-refractivity contribution < 1.29 is 15.0 Å². The van der Waals surface area contributed by atoms with Gasteiger partial charge in [0.05, 0.1) is 13.2 Å². The highest BCUT2D eigenvalue weighted by atomic mass is 16.5. The van der Waals surface area contributed by atoms with Crippen LogP contribution in [0, 0.1) is 11.3 Å². The normalized spacial score (nSPS) is 6.40. The summed E-state index contributed by atoms with van der Waals surface area (Å²) in [7, 11) is 1.35. The van der Waals surface area contributed by atoms with E-state index in [9.17, 15) is 4.79 Å². The van der Waals surface area contributed by atoms with Crippen LogP contribution < -0.4 is 0 Å². The number of hydrogen-bond acceptors (Lipinski definition) is 3. The molecule has 0 bridgehead atoms. The Hall–Kier alpha value is -1.08. The number of esters is 1. The van der Waals surface area contributed by atoms with Crippen LogP contribution >= 0.6 is 0 Å². The molecule has 0 saturated heterocycles. The van der Waals surface area contributed by atoms with Crippen LogP contribution in [-0.2, 0) is 9.53 Å². The molecule has 0 aromatic carbocycles. The molecule has 15 heavy (non-hydrogen) atoms. The van der Waals surface area contributed by atoms with Crippen LogP contribution in [0.1, 0.15) is 53.4 Å². The van der Waals surface area contributed by atoms with E-state index in [-0.39, 0.29) is 11.4 Å². The predicted molar refractivity (Wildman–Crippen MR) is 62.4 cm³/mol. The lowest BCUT2D eigenvalue weighted by molar-refractivity contribution is -0.137. The molecule has 92 valence electrons. The average Bonchev–Trinajstić information content (AvgIpc) is 2.17. The lowest BCUT2D eigenvalue weighted by Crippen LogP contribution is -1.88. The third-order valence-electron chi connectivity index (χ3n) is 1.24. The maximum absolute atomic E-state index is 9.59. The van der Waals surface area contributed by atoms with Gasteiger partial charge in [-0.15, -0.1) is 0 Å². The number of methoxy groups -OCH3 is 1. The molecule has 4 heteroatoms. The van der Waals surface area contributed by atoms with Crippen LogP contribution in [0.2, 0.25) is 0 Å². The van der Waals surface area contributed by atoms with Gasteiger partial charge in [0.15, 0.2) is 0 Å². The molecule has 0 spiro atoms.